The van der Waals surface area contributed by atoms with Gasteiger partial charge in [-0.05, 0) is 12.1 Å². The summed E-state index contributed by atoms with van der Waals surface area (Å²) < 4.78 is 18.5. The molecule has 0 saturated carbocycles. The van der Waals surface area contributed by atoms with E-state index in [1.54, 1.807) is 25.1 Å². The summed E-state index contributed by atoms with van der Waals surface area (Å²) in [5.41, 5.74) is 0.0900. The van der Waals surface area contributed by atoms with Crippen molar-refractivity contribution in [3.8, 4) is 6.01 Å². The summed E-state index contributed by atoms with van der Waals surface area (Å²) in [7, 11) is 4.99. The van der Waals surface area contributed by atoms with Crippen molar-refractivity contribution in [2.45, 2.75) is 6.54 Å². The minimum absolute atomic E-state index is 0.0417. The van der Waals surface area contributed by atoms with Crippen LogP contribution in [-0.4, -0.2) is 42.2 Å². The average Bonchev–Trinajstić information content (AvgIpc) is 2.54. The molecule has 1 aromatic heterocycles. The molecule has 122 valence electrons. The number of hydrogen-bond donors (Lipinski definition) is 2. The minimum atomic E-state index is -0.569. The highest BCUT2D eigenvalue weighted by atomic mass is 19.1. The summed E-state index contributed by atoms with van der Waals surface area (Å²) in [5.74, 6) is 0.215. The summed E-state index contributed by atoms with van der Waals surface area (Å²) in [6.07, 6.45) is 0. The predicted molar refractivity (Wildman–Crippen MR) is 83.0 cm³/mol. The van der Waals surface area contributed by atoms with Crippen LogP contribution in [0.1, 0.15) is 5.82 Å². The molecule has 0 aliphatic rings. The van der Waals surface area contributed by atoms with Crippen molar-refractivity contribution in [1.82, 2.24) is 20.3 Å². The fourth-order valence-corrected chi connectivity index (χ4v) is 1.65. The molecule has 2 amide bonds. The number of benzene rings is 1. The van der Waals surface area contributed by atoms with E-state index in [2.05, 4.69) is 25.6 Å². The molecule has 0 spiro atoms. The molecule has 0 unspecified atom stereocenters. The Morgan fingerprint density at radius 2 is 2.00 bits per heavy atom. The second kappa shape index (κ2) is 7.34. The Morgan fingerprint density at radius 3 is 2.65 bits per heavy atom. The van der Waals surface area contributed by atoms with Crippen molar-refractivity contribution in [1.29, 1.82) is 0 Å². The van der Waals surface area contributed by atoms with E-state index in [-0.39, 0.29) is 18.2 Å². The summed E-state index contributed by atoms with van der Waals surface area (Å²) in [4.78, 5) is 25.8. The molecule has 0 fully saturated rings. The smallest absolute Gasteiger partial charge is 0.321 e. The molecule has 0 aliphatic carbocycles. The third-order valence-corrected chi connectivity index (χ3v) is 2.76. The lowest BCUT2D eigenvalue weighted by Gasteiger charge is -2.12. The van der Waals surface area contributed by atoms with Crippen LogP contribution in [0.2, 0.25) is 0 Å². The Kier molecular flexibility index (Phi) is 5.23. The fraction of sp³-hybridized carbons (Fsp3) is 0.286. The lowest BCUT2D eigenvalue weighted by atomic mass is 10.3. The Morgan fingerprint density at radius 1 is 1.26 bits per heavy atom. The molecule has 1 aromatic carbocycles. The quantitative estimate of drug-likeness (QED) is 0.865. The van der Waals surface area contributed by atoms with Crippen LogP contribution in [0.4, 0.5) is 20.8 Å². The normalized spacial score (nSPS) is 10.1. The Balaban J connectivity index is 2.01. The van der Waals surface area contributed by atoms with Gasteiger partial charge in [0, 0.05) is 14.1 Å². The van der Waals surface area contributed by atoms with Gasteiger partial charge in [0.05, 0.1) is 19.3 Å². The highest BCUT2D eigenvalue weighted by Crippen LogP contribution is 2.12. The molecule has 2 aromatic rings. The van der Waals surface area contributed by atoms with Crippen LogP contribution < -0.4 is 20.3 Å². The lowest BCUT2D eigenvalue weighted by Crippen LogP contribution is -2.29. The summed E-state index contributed by atoms with van der Waals surface area (Å²) in [6.45, 7) is 0.0417. The Labute approximate surface area is 132 Å². The van der Waals surface area contributed by atoms with Crippen LogP contribution >= 0.6 is 0 Å². The number of ether oxygens (including phenoxy) is 1. The van der Waals surface area contributed by atoms with E-state index in [0.717, 1.165) is 0 Å². The second-order valence-electron chi connectivity index (χ2n) is 4.72. The summed E-state index contributed by atoms with van der Waals surface area (Å²) in [6, 6.07) is 5.47. The highest BCUT2D eigenvalue weighted by molar-refractivity contribution is 5.89. The van der Waals surface area contributed by atoms with Gasteiger partial charge in [0.25, 0.3) is 0 Å². The molecule has 23 heavy (non-hydrogen) atoms. The molecule has 0 bridgehead atoms. The van der Waals surface area contributed by atoms with Gasteiger partial charge in [-0.15, -0.1) is 0 Å². The van der Waals surface area contributed by atoms with Crippen molar-refractivity contribution >= 4 is 17.7 Å². The predicted octanol–water partition coefficient (Wildman–Crippen LogP) is 1.41. The SMILES string of the molecule is COc1nc(CNC(=O)Nc2ccccc2F)nc(N(C)C)n1. The number of aromatic nitrogens is 3. The van der Waals surface area contributed by atoms with Crippen LogP contribution in [0.3, 0.4) is 0 Å². The van der Waals surface area contributed by atoms with Crippen LogP contribution in [0.15, 0.2) is 24.3 Å². The van der Waals surface area contributed by atoms with Gasteiger partial charge < -0.3 is 20.3 Å². The zero-order valence-electron chi connectivity index (χ0n) is 13.0. The summed E-state index contributed by atoms with van der Waals surface area (Å²) >= 11 is 0. The molecule has 0 saturated heterocycles. The average molecular weight is 320 g/mol. The third-order valence-electron chi connectivity index (χ3n) is 2.76. The van der Waals surface area contributed by atoms with Crippen LogP contribution in [0.25, 0.3) is 0 Å². The third kappa shape index (κ3) is 4.50. The fourth-order valence-electron chi connectivity index (χ4n) is 1.65. The van der Waals surface area contributed by atoms with E-state index in [1.165, 1.54) is 25.3 Å². The number of carbonyl (C=O) groups excluding carboxylic acids is 1. The number of hydrogen-bond acceptors (Lipinski definition) is 6. The second-order valence-corrected chi connectivity index (χ2v) is 4.72. The molecular weight excluding hydrogens is 303 g/mol. The molecule has 2 rings (SSSR count). The molecule has 2 N–H and O–H groups in total. The molecule has 8 nitrogen and oxygen atoms in total. The molecule has 0 atom stereocenters. The van der Waals surface area contributed by atoms with E-state index in [9.17, 15) is 9.18 Å². The van der Waals surface area contributed by atoms with Gasteiger partial charge in [0.1, 0.15) is 5.82 Å². The van der Waals surface area contributed by atoms with E-state index in [4.69, 9.17) is 4.74 Å². The van der Waals surface area contributed by atoms with Gasteiger partial charge in [-0.3, -0.25) is 0 Å². The first-order chi connectivity index (χ1) is 11.0. The molecular formula is C14H17FN6O2. The Bertz CT molecular complexity index is 695. The Hall–Kier alpha value is -2.97. The first kappa shape index (κ1) is 16.4. The highest BCUT2D eigenvalue weighted by Gasteiger charge is 2.10. The van der Waals surface area contributed by atoms with Crippen molar-refractivity contribution in [2.75, 3.05) is 31.4 Å². The maximum Gasteiger partial charge on any atom is 0.321 e. The largest absolute Gasteiger partial charge is 0.467 e. The van der Waals surface area contributed by atoms with Crippen molar-refractivity contribution in [2.24, 2.45) is 0 Å². The lowest BCUT2D eigenvalue weighted by molar-refractivity contribution is 0.251. The number of anilines is 2. The maximum absolute atomic E-state index is 13.5. The minimum Gasteiger partial charge on any atom is -0.467 e. The van der Waals surface area contributed by atoms with Crippen molar-refractivity contribution in [3.05, 3.63) is 35.9 Å². The molecule has 1 heterocycles. The molecule has 9 heteroatoms. The molecule has 0 aliphatic heterocycles. The maximum atomic E-state index is 13.5. The summed E-state index contributed by atoms with van der Waals surface area (Å²) in [5, 5.41) is 4.96. The van der Waals surface area contributed by atoms with Crippen molar-refractivity contribution in [3.63, 3.8) is 0 Å². The number of halogens is 1. The van der Waals surface area contributed by atoms with Gasteiger partial charge in [-0.25, -0.2) is 9.18 Å². The first-order valence-corrected chi connectivity index (χ1v) is 6.75. The number of carbonyl (C=O) groups is 1. The number of amides is 2. The van der Waals surface area contributed by atoms with E-state index in [0.29, 0.717) is 11.8 Å². The monoisotopic (exact) mass is 320 g/mol. The molecule has 0 radical (unpaired) electrons. The van der Waals surface area contributed by atoms with E-state index < -0.39 is 11.8 Å². The van der Waals surface area contributed by atoms with Crippen LogP contribution in [0.5, 0.6) is 6.01 Å². The van der Waals surface area contributed by atoms with Crippen molar-refractivity contribution < 1.29 is 13.9 Å². The number of rotatable bonds is 5. The van der Waals surface area contributed by atoms with Gasteiger partial charge in [0.2, 0.25) is 5.95 Å². The standard InChI is InChI=1S/C14H17FN6O2/c1-21(2)12-18-11(19-14(20-12)23-3)8-16-13(22)17-10-7-5-4-6-9(10)15/h4-7H,8H2,1-3H3,(H2,16,17,22). The van der Waals surface area contributed by atoms with Gasteiger partial charge in [-0.2, -0.15) is 15.0 Å². The van der Waals surface area contributed by atoms with Gasteiger partial charge >= 0.3 is 12.0 Å². The number of methoxy groups -OCH3 is 1. The zero-order valence-corrected chi connectivity index (χ0v) is 13.0. The zero-order chi connectivity index (χ0) is 16.8. The number of urea groups is 1. The number of nitrogens with zero attached hydrogens (tertiary/aromatic N) is 4. The topological polar surface area (TPSA) is 92.3 Å². The first-order valence-electron chi connectivity index (χ1n) is 6.75. The van der Waals surface area contributed by atoms with E-state index in [1.807, 2.05) is 0 Å². The van der Waals surface area contributed by atoms with Gasteiger partial charge in [-0.1, -0.05) is 12.1 Å². The number of nitrogens with one attached hydrogen (secondary N) is 2. The van der Waals surface area contributed by atoms with Crippen LogP contribution in [-0.2, 0) is 6.54 Å². The van der Waals surface area contributed by atoms with Crippen LogP contribution in [0, 0.1) is 5.82 Å². The van der Waals surface area contributed by atoms with Gasteiger partial charge in [0.15, 0.2) is 5.82 Å². The number of para-hydroxylation sites is 1. The van der Waals surface area contributed by atoms with E-state index >= 15 is 0 Å².